The van der Waals surface area contributed by atoms with Gasteiger partial charge in [0, 0.05) is 17.7 Å². The fourth-order valence-corrected chi connectivity index (χ4v) is 2.33. The lowest BCUT2D eigenvalue weighted by Gasteiger charge is -2.09. The van der Waals surface area contributed by atoms with Crippen LogP contribution in [0.1, 0.15) is 28.4 Å². The number of phenolic OH excluding ortho intramolecular Hbond substituents is 1. The number of rotatable bonds is 8. The first-order valence-corrected chi connectivity index (χ1v) is 7.93. The molecule has 0 bridgehead atoms. The van der Waals surface area contributed by atoms with E-state index >= 15 is 0 Å². The van der Waals surface area contributed by atoms with E-state index in [1.54, 1.807) is 19.3 Å². The number of hydrogen-bond donors (Lipinski definition) is 1. The van der Waals surface area contributed by atoms with E-state index < -0.39 is 0 Å². The lowest BCUT2D eigenvalue weighted by molar-refractivity contribution is 0.104. The van der Waals surface area contributed by atoms with E-state index in [2.05, 4.69) is 0 Å². The molecule has 0 saturated carbocycles. The number of ketones is 1. The molecule has 2 aromatic carbocycles. The molecule has 25 heavy (non-hydrogen) atoms. The van der Waals surface area contributed by atoms with Crippen molar-refractivity contribution in [3.8, 4) is 17.2 Å². The first kappa shape index (κ1) is 18.5. The summed E-state index contributed by atoms with van der Waals surface area (Å²) in [6.45, 7) is 3.00. The molecule has 2 rings (SSSR count). The summed E-state index contributed by atoms with van der Waals surface area (Å²) in [5.41, 5.74) is 2.23. The van der Waals surface area contributed by atoms with Crippen molar-refractivity contribution in [2.24, 2.45) is 0 Å². The van der Waals surface area contributed by atoms with Crippen LogP contribution in [0, 0.1) is 0 Å². The zero-order valence-corrected chi connectivity index (χ0v) is 14.6. The van der Waals surface area contributed by atoms with E-state index in [0.29, 0.717) is 18.8 Å². The summed E-state index contributed by atoms with van der Waals surface area (Å²) in [4.78, 5) is 12.3. The third-order valence-corrected chi connectivity index (χ3v) is 3.66. The molecular formula is C20H22O5. The Kier molecular flexibility index (Phi) is 6.60. The van der Waals surface area contributed by atoms with Gasteiger partial charge in [0.15, 0.2) is 17.3 Å². The highest BCUT2D eigenvalue weighted by atomic mass is 16.5. The van der Waals surface area contributed by atoms with Crippen LogP contribution in [-0.4, -0.2) is 31.7 Å². The van der Waals surface area contributed by atoms with Crippen LogP contribution in [0.2, 0.25) is 0 Å². The largest absolute Gasteiger partial charge is 0.504 e. The van der Waals surface area contributed by atoms with Crippen molar-refractivity contribution in [2.45, 2.75) is 13.5 Å². The fraction of sp³-hybridized carbons (Fsp3) is 0.250. The second-order valence-electron chi connectivity index (χ2n) is 5.29. The van der Waals surface area contributed by atoms with Gasteiger partial charge in [0.25, 0.3) is 0 Å². The number of ether oxygens (including phenoxy) is 3. The van der Waals surface area contributed by atoms with Gasteiger partial charge < -0.3 is 19.3 Å². The Hall–Kier alpha value is -2.79. The first-order valence-electron chi connectivity index (χ1n) is 7.93. The smallest absolute Gasteiger partial charge is 0.185 e. The van der Waals surface area contributed by atoms with Crippen molar-refractivity contribution in [2.75, 3.05) is 20.8 Å². The molecule has 0 aliphatic heterocycles. The van der Waals surface area contributed by atoms with Crippen LogP contribution in [0.3, 0.4) is 0 Å². The SMILES string of the molecule is CCOCc1cc(/C=C/C(=O)c2ccc(O)c(OC)c2)ccc1OC. The second-order valence-corrected chi connectivity index (χ2v) is 5.29. The molecule has 0 atom stereocenters. The normalized spacial score (nSPS) is 10.8. The molecule has 0 amide bonds. The van der Waals surface area contributed by atoms with E-state index in [0.717, 1.165) is 16.9 Å². The van der Waals surface area contributed by atoms with Gasteiger partial charge in [-0.1, -0.05) is 12.1 Å². The second kappa shape index (κ2) is 8.89. The molecule has 0 spiro atoms. The van der Waals surface area contributed by atoms with E-state index in [9.17, 15) is 9.90 Å². The Morgan fingerprint density at radius 1 is 1.08 bits per heavy atom. The van der Waals surface area contributed by atoms with Gasteiger partial charge in [-0.2, -0.15) is 0 Å². The lowest BCUT2D eigenvalue weighted by Crippen LogP contribution is -1.97. The lowest BCUT2D eigenvalue weighted by atomic mass is 10.1. The predicted octanol–water partition coefficient (Wildman–Crippen LogP) is 3.84. The number of hydrogen-bond acceptors (Lipinski definition) is 5. The Morgan fingerprint density at radius 2 is 1.84 bits per heavy atom. The van der Waals surface area contributed by atoms with Crippen LogP contribution < -0.4 is 9.47 Å². The maximum Gasteiger partial charge on any atom is 0.185 e. The van der Waals surface area contributed by atoms with Crippen molar-refractivity contribution < 1.29 is 24.1 Å². The minimum Gasteiger partial charge on any atom is -0.504 e. The highest BCUT2D eigenvalue weighted by Crippen LogP contribution is 2.27. The van der Waals surface area contributed by atoms with E-state index in [4.69, 9.17) is 14.2 Å². The third-order valence-electron chi connectivity index (χ3n) is 3.66. The topological polar surface area (TPSA) is 65.0 Å². The summed E-state index contributed by atoms with van der Waals surface area (Å²) in [5, 5.41) is 9.60. The van der Waals surface area contributed by atoms with Crippen LogP contribution in [0.15, 0.2) is 42.5 Å². The Bertz CT molecular complexity index is 765. The van der Waals surface area contributed by atoms with Crippen LogP contribution in [0.5, 0.6) is 17.2 Å². The highest BCUT2D eigenvalue weighted by molar-refractivity contribution is 6.07. The molecule has 0 aliphatic rings. The third kappa shape index (κ3) is 4.84. The molecule has 0 aromatic heterocycles. The van der Waals surface area contributed by atoms with Gasteiger partial charge in [-0.15, -0.1) is 0 Å². The number of phenols is 1. The summed E-state index contributed by atoms with van der Waals surface area (Å²) in [6, 6.07) is 10.1. The summed E-state index contributed by atoms with van der Waals surface area (Å²) in [7, 11) is 3.05. The highest BCUT2D eigenvalue weighted by Gasteiger charge is 2.08. The van der Waals surface area contributed by atoms with Gasteiger partial charge in [-0.3, -0.25) is 4.79 Å². The minimum absolute atomic E-state index is 0.00116. The Labute approximate surface area is 147 Å². The number of carbonyl (C=O) groups excluding carboxylic acids is 1. The summed E-state index contributed by atoms with van der Waals surface area (Å²) >= 11 is 0. The van der Waals surface area contributed by atoms with Crippen molar-refractivity contribution in [3.63, 3.8) is 0 Å². The molecule has 5 nitrogen and oxygen atoms in total. The molecule has 0 saturated heterocycles. The Morgan fingerprint density at radius 3 is 2.52 bits per heavy atom. The summed E-state index contributed by atoms with van der Waals surface area (Å²) in [6.07, 6.45) is 3.22. The maximum absolute atomic E-state index is 12.3. The van der Waals surface area contributed by atoms with Crippen molar-refractivity contribution in [1.29, 1.82) is 0 Å². The number of aromatic hydroxyl groups is 1. The number of allylic oxidation sites excluding steroid dienone is 1. The van der Waals surface area contributed by atoms with E-state index in [1.807, 2.05) is 25.1 Å². The number of carbonyl (C=O) groups is 1. The van der Waals surface area contributed by atoms with Crippen molar-refractivity contribution in [1.82, 2.24) is 0 Å². The molecule has 0 radical (unpaired) electrons. The van der Waals surface area contributed by atoms with Gasteiger partial charge in [0.2, 0.25) is 0 Å². The monoisotopic (exact) mass is 342 g/mol. The zero-order valence-electron chi connectivity index (χ0n) is 14.6. The molecule has 0 heterocycles. The van der Waals surface area contributed by atoms with Crippen LogP contribution in [-0.2, 0) is 11.3 Å². The molecule has 0 aliphatic carbocycles. The summed E-state index contributed by atoms with van der Waals surface area (Å²) in [5.74, 6) is 0.835. The van der Waals surface area contributed by atoms with Crippen molar-refractivity contribution in [3.05, 3.63) is 59.2 Å². The molecule has 1 N–H and O–H groups in total. The average Bonchev–Trinajstić information content (AvgIpc) is 2.64. The van der Waals surface area contributed by atoms with E-state index in [-0.39, 0.29) is 17.3 Å². The first-order chi connectivity index (χ1) is 12.1. The van der Waals surface area contributed by atoms with Crippen LogP contribution in [0.25, 0.3) is 6.08 Å². The fourth-order valence-electron chi connectivity index (χ4n) is 2.33. The van der Waals surface area contributed by atoms with Crippen LogP contribution >= 0.6 is 0 Å². The van der Waals surface area contributed by atoms with Gasteiger partial charge in [0.1, 0.15) is 5.75 Å². The maximum atomic E-state index is 12.3. The van der Waals surface area contributed by atoms with Gasteiger partial charge >= 0.3 is 0 Å². The standard InChI is InChI=1S/C20H22O5/c1-4-25-13-16-11-14(6-10-19(16)23-2)5-8-17(21)15-7-9-18(22)20(12-15)24-3/h5-12,22H,4,13H2,1-3H3/b8-5+. The van der Waals surface area contributed by atoms with Crippen LogP contribution in [0.4, 0.5) is 0 Å². The Balaban J connectivity index is 2.19. The minimum atomic E-state index is -0.180. The number of benzene rings is 2. The molecular weight excluding hydrogens is 320 g/mol. The van der Waals surface area contributed by atoms with E-state index in [1.165, 1.54) is 25.3 Å². The molecule has 0 fully saturated rings. The molecule has 2 aromatic rings. The van der Waals surface area contributed by atoms with Crippen molar-refractivity contribution >= 4 is 11.9 Å². The van der Waals surface area contributed by atoms with Gasteiger partial charge in [0.05, 0.1) is 20.8 Å². The molecule has 5 heteroatoms. The van der Waals surface area contributed by atoms with Gasteiger partial charge in [-0.25, -0.2) is 0 Å². The predicted molar refractivity (Wildman–Crippen MR) is 96.3 cm³/mol. The summed E-state index contributed by atoms with van der Waals surface area (Å²) < 4.78 is 15.8. The quantitative estimate of drug-likeness (QED) is 0.583. The number of methoxy groups -OCH3 is 2. The molecule has 0 unspecified atom stereocenters. The van der Waals surface area contributed by atoms with Gasteiger partial charge in [-0.05, 0) is 48.9 Å². The average molecular weight is 342 g/mol. The molecule has 132 valence electrons. The zero-order chi connectivity index (χ0) is 18.2.